The summed E-state index contributed by atoms with van der Waals surface area (Å²) in [5, 5.41) is 3.41. The van der Waals surface area contributed by atoms with Gasteiger partial charge in [0, 0.05) is 24.1 Å². The molecule has 1 aliphatic heterocycles. The molecule has 172 valence electrons. The second-order valence-electron chi connectivity index (χ2n) is 9.29. The molecule has 2 fully saturated rings. The SMILES string of the molecule is COC(=O)c1ccc(Br)cc1N1CCC2(CC2)C(CCCCNc2cc(C)cc(N)n2)C1. The first kappa shape index (κ1) is 22.9. The molecule has 1 saturated carbocycles. The van der Waals surface area contributed by atoms with Gasteiger partial charge < -0.3 is 20.7 Å². The molecule has 1 saturated heterocycles. The van der Waals surface area contributed by atoms with Gasteiger partial charge in [0.1, 0.15) is 11.6 Å². The van der Waals surface area contributed by atoms with Gasteiger partial charge in [0.25, 0.3) is 0 Å². The number of hydrogen-bond acceptors (Lipinski definition) is 6. The number of nitrogen functional groups attached to an aromatic ring is 1. The van der Waals surface area contributed by atoms with Gasteiger partial charge in [-0.05, 0) is 86.3 Å². The molecule has 0 radical (unpaired) electrons. The van der Waals surface area contributed by atoms with Crippen LogP contribution in [0.4, 0.5) is 17.3 Å². The summed E-state index contributed by atoms with van der Waals surface area (Å²) in [6, 6.07) is 9.74. The highest BCUT2D eigenvalue weighted by Crippen LogP contribution is 2.58. The highest BCUT2D eigenvalue weighted by Gasteiger charge is 2.51. The van der Waals surface area contributed by atoms with Gasteiger partial charge >= 0.3 is 5.97 Å². The summed E-state index contributed by atoms with van der Waals surface area (Å²) in [6.45, 7) is 4.93. The summed E-state index contributed by atoms with van der Waals surface area (Å²) < 4.78 is 6.02. The van der Waals surface area contributed by atoms with E-state index in [2.05, 4.69) is 37.2 Å². The molecule has 0 amide bonds. The van der Waals surface area contributed by atoms with E-state index < -0.39 is 0 Å². The van der Waals surface area contributed by atoms with Crippen LogP contribution in [0.15, 0.2) is 34.8 Å². The smallest absolute Gasteiger partial charge is 0.339 e. The van der Waals surface area contributed by atoms with E-state index >= 15 is 0 Å². The summed E-state index contributed by atoms with van der Waals surface area (Å²) in [5.74, 6) is 1.81. The van der Waals surface area contributed by atoms with Crippen molar-refractivity contribution in [3.05, 3.63) is 45.9 Å². The molecular formula is C25H33BrN4O2. The average molecular weight is 501 g/mol. The van der Waals surface area contributed by atoms with Crippen molar-refractivity contribution in [2.75, 3.05) is 42.7 Å². The maximum absolute atomic E-state index is 12.3. The van der Waals surface area contributed by atoms with Crippen molar-refractivity contribution >= 4 is 39.2 Å². The fourth-order valence-electron chi connectivity index (χ4n) is 5.11. The highest BCUT2D eigenvalue weighted by molar-refractivity contribution is 9.10. The van der Waals surface area contributed by atoms with Gasteiger partial charge in [-0.25, -0.2) is 9.78 Å². The number of methoxy groups -OCH3 is 1. The van der Waals surface area contributed by atoms with Gasteiger partial charge in [0.05, 0.1) is 18.4 Å². The Bertz CT molecular complexity index is 956. The summed E-state index contributed by atoms with van der Waals surface area (Å²) in [5.41, 5.74) is 9.12. The number of nitrogens with one attached hydrogen (secondary N) is 1. The number of anilines is 3. The van der Waals surface area contributed by atoms with Gasteiger partial charge in [-0.1, -0.05) is 22.4 Å². The number of benzene rings is 1. The molecule has 7 heteroatoms. The third-order valence-electron chi connectivity index (χ3n) is 7.06. The van der Waals surface area contributed by atoms with Crippen molar-refractivity contribution in [2.45, 2.75) is 45.4 Å². The van der Waals surface area contributed by atoms with Gasteiger partial charge in [-0.15, -0.1) is 0 Å². The minimum absolute atomic E-state index is 0.271. The number of piperidine rings is 1. The maximum Gasteiger partial charge on any atom is 0.339 e. The zero-order chi connectivity index (χ0) is 22.7. The number of nitrogens with two attached hydrogens (primary N) is 1. The minimum Gasteiger partial charge on any atom is -0.465 e. The van der Waals surface area contributed by atoms with Crippen molar-refractivity contribution in [1.29, 1.82) is 0 Å². The number of rotatable bonds is 8. The monoisotopic (exact) mass is 500 g/mol. The number of esters is 1. The van der Waals surface area contributed by atoms with Crippen LogP contribution in [-0.2, 0) is 4.74 Å². The second kappa shape index (κ2) is 9.69. The third-order valence-corrected chi connectivity index (χ3v) is 7.55. The van der Waals surface area contributed by atoms with Crippen molar-refractivity contribution in [1.82, 2.24) is 4.98 Å². The first-order chi connectivity index (χ1) is 15.4. The Morgan fingerprint density at radius 3 is 2.81 bits per heavy atom. The Morgan fingerprint density at radius 2 is 2.09 bits per heavy atom. The van der Waals surface area contributed by atoms with E-state index in [4.69, 9.17) is 10.5 Å². The van der Waals surface area contributed by atoms with Crippen molar-refractivity contribution in [2.24, 2.45) is 11.3 Å². The number of aromatic nitrogens is 1. The Hall–Kier alpha value is -2.28. The Balaban J connectivity index is 1.35. The standard InChI is InChI=1S/C25H33BrN4O2/c1-17-13-22(27)29-23(14-17)28-11-4-3-5-18-16-30(12-10-25(18)8-9-25)21-15-19(26)6-7-20(21)24(31)32-2/h6-7,13-15,18H,3-5,8-12,16H2,1-2H3,(H3,27,28,29). The Morgan fingerprint density at radius 1 is 1.28 bits per heavy atom. The molecule has 4 rings (SSSR count). The quantitative estimate of drug-likeness (QED) is 0.372. The van der Waals surface area contributed by atoms with Crippen LogP contribution in [-0.4, -0.2) is 37.7 Å². The lowest BCUT2D eigenvalue weighted by Crippen LogP contribution is -2.42. The number of carbonyl (C=O) groups excluding carboxylic acids is 1. The van der Waals surface area contributed by atoms with Crippen LogP contribution in [0, 0.1) is 18.3 Å². The molecular weight excluding hydrogens is 468 g/mol. The van der Waals surface area contributed by atoms with E-state index in [-0.39, 0.29) is 5.97 Å². The lowest BCUT2D eigenvalue weighted by molar-refractivity contribution is 0.0601. The van der Waals surface area contributed by atoms with Crippen LogP contribution < -0.4 is 16.0 Å². The number of unbranched alkanes of at least 4 members (excludes halogenated alkanes) is 1. The van der Waals surface area contributed by atoms with E-state index in [0.717, 1.165) is 47.6 Å². The molecule has 1 aliphatic carbocycles. The predicted molar refractivity (Wildman–Crippen MR) is 133 cm³/mol. The fourth-order valence-corrected chi connectivity index (χ4v) is 5.46. The summed E-state index contributed by atoms with van der Waals surface area (Å²) in [4.78, 5) is 19.1. The predicted octanol–water partition coefficient (Wildman–Crippen LogP) is 5.41. The molecule has 32 heavy (non-hydrogen) atoms. The van der Waals surface area contributed by atoms with Crippen LogP contribution >= 0.6 is 15.9 Å². The molecule has 1 spiro atoms. The van der Waals surface area contributed by atoms with Crippen LogP contribution in [0.1, 0.15) is 54.4 Å². The zero-order valence-electron chi connectivity index (χ0n) is 19.0. The number of hydrogen-bond donors (Lipinski definition) is 2. The Kier molecular flexibility index (Phi) is 6.93. The number of ether oxygens (including phenoxy) is 1. The largest absolute Gasteiger partial charge is 0.465 e. The van der Waals surface area contributed by atoms with E-state index in [1.165, 1.54) is 39.2 Å². The first-order valence-corrected chi connectivity index (χ1v) is 12.3. The fraction of sp³-hybridized carbons (Fsp3) is 0.520. The van der Waals surface area contributed by atoms with Crippen LogP contribution in [0.5, 0.6) is 0 Å². The van der Waals surface area contributed by atoms with Gasteiger partial charge in [0.15, 0.2) is 0 Å². The molecule has 2 aliphatic rings. The van der Waals surface area contributed by atoms with Crippen LogP contribution in [0.2, 0.25) is 0 Å². The average Bonchev–Trinajstić information content (AvgIpc) is 3.53. The summed E-state index contributed by atoms with van der Waals surface area (Å²) >= 11 is 3.57. The van der Waals surface area contributed by atoms with Crippen LogP contribution in [0.25, 0.3) is 0 Å². The van der Waals surface area contributed by atoms with E-state index in [9.17, 15) is 4.79 Å². The van der Waals surface area contributed by atoms with Gasteiger partial charge in [-0.2, -0.15) is 0 Å². The lowest BCUT2D eigenvalue weighted by Gasteiger charge is -2.41. The summed E-state index contributed by atoms with van der Waals surface area (Å²) in [6.07, 6.45) is 7.39. The molecule has 2 aromatic rings. The molecule has 0 bridgehead atoms. The molecule has 1 unspecified atom stereocenters. The number of carbonyl (C=O) groups is 1. The van der Waals surface area contributed by atoms with Crippen molar-refractivity contribution in [3.8, 4) is 0 Å². The van der Waals surface area contributed by atoms with Gasteiger partial charge in [0.2, 0.25) is 0 Å². The van der Waals surface area contributed by atoms with Crippen LogP contribution in [0.3, 0.4) is 0 Å². The first-order valence-electron chi connectivity index (χ1n) is 11.5. The zero-order valence-corrected chi connectivity index (χ0v) is 20.6. The van der Waals surface area contributed by atoms with Gasteiger partial charge in [-0.3, -0.25) is 0 Å². The van der Waals surface area contributed by atoms with E-state index in [1.54, 1.807) is 0 Å². The van der Waals surface area contributed by atoms with Crippen molar-refractivity contribution < 1.29 is 9.53 Å². The molecule has 6 nitrogen and oxygen atoms in total. The molecule has 1 aromatic carbocycles. The number of pyridine rings is 1. The second-order valence-corrected chi connectivity index (χ2v) is 10.2. The Labute approximate surface area is 199 Å². The number of halogens is 1. The number of nitrogens with zero attached hydrogens (tertiary/aromatic N) is 2. The minimum atomic E-state index is -0.271. The topological polar surface area (TPSA) is 80.5 Å². The lowest BCUT2D eigenvalue weighted by atomic mass is 9.79. The van der Waals surface area contributed by atoms with E-state index in [0.29, 0.717) is 22.7 Å². The van der Waals surface area contributed by atoms with E-state index in [1.807, 2.05) is 31.2 Å². The third kappa shape index (κ3) is 5.20. The summed E-state index contributed by atoms with van der Waals surface area (Å²) in [7, 11) is 1.45. The molecule has 2 heterocycles. The highest BCUT2D eigenvalue weighted by atomic mass is 79.9. The maximum atomic E-state index is 12.3. The number of aryl methyl sites for hydroxylation is 1. The molecule has 1 aromatic heterocycles. The normalized spacial score (nSPS) is 19.1. The molecule has 3 N–H and O–H groups in total. The van der Waals surface area contributed by atoms with Crippen molar-refractivity contribution in [3.63, 3.8) is 0 Å². The molecule has 1 atom stereocenters.